The van der Waals surface area contributed by atoms with Gasteiger partial charge in [-0.2, -0.15) is 0 Å². The number of amides is 1. The summed E-state index contributed by atoms with van der Waals surface area (Å²) in [6.07, 6.45) is 3.32. The lowest BCUT2D eigenvalue weighted by Crippen LogP contribution is -2.52. The van der Waals surface area contributed by atoms with Crippen molar-refractivity contribution < 1.29 is 4.79 Å². The highest BCUT2D eigenvalue weighted by atomic mass is 16.2. The predicted molar refractivity (Wildman–Crippen MR) is 82.2 cm³/mol. The van der Waals surface area contributed by atoms with E-state index in [2.05, 4.69) is 17.4 Å². The van der Waals surface area contributed by atoms with E-state index in [4.69, 9.17) is 5.73 Å². The summed E-state index contributed by atoms with van der Waals surface area (Å²) in [7, 11) is 0. The van der Waals surface area contributed by atoms with Crippen molar-refractivity contribution in [1.29, 1.82) is 0 Å². The molecule has 1 aromatic carbocycles. The molecule has 110 valence electrons. The van der Waals surface area contributed by atoms with Crippen molar-refractivity contribution >= 4 is 5.91 Å². The first-order valence-electron chi connectivity index (χ1n) is 7.48. The monoisotopic (exact) mass is 274 g/mol. The SMILES string of the molecule is CC(C)(C)[C@H](N)C(=O)NC(Cc1ccccc1)C1CC1. The largest absolute Gasteiger partial charge is 0.351 e. The summed E-state index contributed by atoms with van der Waals surface area (Å²) in [6.45, 7) is 6.00. The molecular weight excluding hydrogens is 248 g/mol. The van der Waals surface area contributed by atoms with Gasteiger partial charge in [0.1, 0.15) is 0 Å². The summed E-state index contributed by atoms with van der Waals surface area (Å²) < 4.78 is 0. The third-order valence-electron chi connectivity index (χ3n) is 4.03. The van der Waals surface area contributed by atoms with Gasteiger partial charge < -0.3 is 11.1 Å². The van der Waals surface area contributed by atoms with Crippen LogP contribution in [0.15, 0.2) is 30.3 Å². The van der Waals surface area contributed by atoms with Gasteiger partial charge in [-0.15, -0.1) is 0 Å². The van der Waals surface area contributed by atoms with E-state index in [9.17, 15) is 4.79 Å². The molecule has 3 heteroatoms. The Morgan fingerprint density at radius 3 is 2.40 bits per heavy atom. The van der Waals surface area contributed by atoms with E-state index in [0.29, 0.717) is 5.92 Å². The summed E-state index contributed by atoms with van der Waals surface area (Å²) >= 11 is 0. The first kappa shape index (κ1) is 15.0. The molecule has 1 aliphatic rings. The minimum Gasteiger partial charge on any atom is -0.351 e. The topological polar surface area (TPSA) is 55.1 Å². The van der Waals surface area contributed by atoms with E-state index in [1.165, 1.54) is 18.4 Å². The van der Waals surface area contributed by atoms with Crippen LogP contribution in [-0.2, 0) is 11.2 Å². The highest BCUT2D eigenvalue weighted by Crippen LogP contribution is 2.34. The Labute approximate surface area is 121 Å². The van der Waals surface area contributed by atoms with Crippen LogP contribution in [0.25, 0.3) is 0 Å². The number of rotatable bonds is 5. The molecule has 0 heterocycles. The molecule has 1 fully saturated rings. The zero-order valence-electron chi connectivity index (χ0n) is 12.7. The van der Waals surface area contributed by atoms with Crippen LogP contribution >= 0.6 is 0 Å². The lowest BCUT2D eigenvalue weighted by Gasteiger charge is -2.28. The van der Waals surface area contributed by atoms with Gasteiger partial charge in [0.25, 0.3) is 0 Å². The molecule has 3 N–H and O–H groups in total. The molecule has 0 saturated heterocycles. The minimum atomic E-state index is -0.459. The molecule has 0 aliphatic heterocycles. The Bertz CT molecular complexity index is 446. The van der Waals surface area contributed by atoms with Gasteiger partial charge in [-0.05, 0) is 36.2 Å². The van der Waals surface area contributed by atoms with Crippen molar-refractivity contribution in [2.45, 2.75) is 52.1 Å². The molecule has 1 unspecified atom stereocenters. The fraction of sp³-hybridized carbons (Fsp3) is 0.588. The van der Waals surface area contributed by atoms with Gasteiger partial charge in [0.2, 0.25) is 5.91 Å². The first-order chi connectivity index (χ1) is 9.38. The lowest BCUT2D eigenvalue weighted by atomic mass is 9.86. The van der Waals surface area contributed by atoms with Crippen LogP contribution in [-0.4, -0.2) is 18.0 Å². The highest BCUT2D eigenvalue weighted by Gasteiger charge is 2.35. The van der Waals surface area contributed by atoms with Gasteiger partial charge in [-0.25, -0.2) is 0 Å². The van der Waals surface area contributed by atoms with Gasteiger partial charge in [-0.1, -0.05) is 51.1 Å². The van der Waals surface area contributed by atoms with Crippen molar-refractivity contribution in [3.8, 4) is 0 Å². The second kappa shape index (κ2) is 5.96. The van der Waals surface area contributed by atoms with Gasteiger partial charge in [0, 0.05) is 6.04 Å². The van der Waals surface area contributed by atoms with Crippen LogP contribution < -0.4 is 11.1 Å². The van der Waals surface area contributed by atoms with E-state index in [1.54, 1.807) is 0 Å². The molecule has 0 radical (unpaired) electrons. The Balaban J connectivity index is 1.98. The summed E-state index contributed by atoms with van der Waals surface area (Å²) in [4.78, 5) is 12.3. The second-order valence-electron chi connectivity index (χ2n) is 6.99. The zero-order chi connectivity index (χ0) is 14.8. The number of benzene rings is 1. The number of hydrogen-bond donors (Lipinski definition) is 2. The Morgan fingerprint density at radius 1 is 1.30 bits per heavy atom. The third-order valence-corrected chi connectivity index (χ3v) is 4.03. The minimum absolute atomic E-state index is 0.0228. The molecule has 2 rings (SSSR count). The second-order valence-corrected chi connectivity index (χ2v) is 6.99. The van der Waals surface area contributed by atoms with E-state index in [0.717, 1.165) is 6.42 Å². The van der Waals surface area contributed by atoms with Crippen LogP contribution in [0.3, 0.4) is 0 Å². The van der Waals surface area contributed by atoms with E-state index in [-0.39, 0.29) is 17.4 Å². The van der Waals surface area contributed by atoms with Gasteiger partial charge in [0.05, 0.1) is 6.04 Å². The van der Waals surface area contributed by atoms with Crippen LogP contribution in [0.2, 0.25) is 0 Å². The molecular formula is C17H26N2O. The molecule has 1 saturated carbocycles. The molecule has 3 nitrogen and oxygen atoms in total. The quantitative estimate of drug-likeness (QED) is 0.866. The first-order valence-corrected chi connectivity index (χ1v) is 7.48. The van der Waals surface area contributed by atoms with E-state index >= 15 is 0 Å². The van der Waals surface area contributed by atoms with E-state index < -0.39 is 6.04 Å². The van der Waals surface area contributed by atoms with Crippen molar-refractivity contribution in [3.05, 3.63) is 35.9 Å². The molecule has 2 atom stereocenters. The normalized spacial score (nSPS) is 18.4. The Morgan fingerprint density at radius 2 is 1.90 bits per heavy atom. The summed E-state index contributed by atoms with van der Waals surface area (Å²) in [6, 6.07) is 10.1. The number of nitrogens with one attached hydrogen (secondary N) is 1. The maximum atomic E-state index is 12.3. The number of nitrogens with two attached hydrogens (primary N) is 1. The van der Waals surface area contributed by atoms with Crippen molar-refractivity contribution in [2.24, 2.45) is 17.1 Å². The predicted octanol–water partition coefficient (Wildman–Crippen LogP) is 2.50. The number of hydrogen-bond acceptors (Lipinski definition) is 2. The van der Waals surface area contributed by atoms with Crippen LogP contribution in [0, 0.1) is 11.3 Å². The smallest absolute Gasteiger partial charge is 0.237 e. The molecule has 1 amide bonds. The number of carbonyl (C=O) groups excluding carboxylic acids is 1. The average Bonchev–Trinajstić information content (AvgIpc) is 3.21. The average molecular weight is 274 g/mol. The molecule has 0 bridgehead atoms. The van der Waals surface area contributed by atoms with Gasteiger partial charge in [-0.3, -0.25) is 4.79 Å². The molecule has 1 aromatic rings. The molecule has 0 spiro atoms. The maximum Gasteiger partial charge on any atom is 0.237 e. The summed E-state index contributed by atoms with van der Waals surface area (Å²) in [5.41, 5.74) is 7.11. The van der Waals surface area contributed by atoms with Crippen molar-refractivity contribution in [1.82, 2.24) is 5.32 Å². The Kier molecular flexibility index (Phi) is 4.48. The fourth-order valence-corrected chi connectivity index (χ4v) is 2.37. The molecule has 20 heavy (non-hydrogen) atoms. The number of carbonyl (C=O) groups is 1. The fourth-order valence-electron chi connectivity index (χ4n) is 2.37. The zero-order valence-corrected chi connectivity index (χ0v) is 12.7. The summed E-state index contributed by atoms with van der Waals surface area (Å²) in [5, 5.41) is 3.17. The lowest BCUT2D eigenvalue weighted by molar-refractivity contribution is -0.125. The van der Waals surface area contributed by atoms with Crippen molar-refractivity contribution in [2.75, 3.05) is 0 Å². The standard InChI is InChI=1S/C17H26N2O/c1-17(2,3)15(18)16(20)19-14(13-9-10-13)11-12-7-5-4-6-8-12/h4-8,13-15H,9-11,18H2,1-3H3,(H,19,20)/t14?,15-/m1/s1. The van der Waals surface area contributed by atoms with E-state index in [1.807, 2.05) is 39.0 Å². The van der Waals surface area contributed by atoms with Gasteiger partial charge >= 0.3 is 0 Å². The van der Waals surface area contributed by atoms with Crippen LogP contribution in [0.1, 0.15) is 39.2 Å². The Hall–Kier alpha value is -1.35. The van der Waals surface area contributed by atoms with Crippen LogP contribution in [0.4, 0.5) is 0 Å². The van der Waals surface area contributed by atoms with Crippen LogP contribution in [0.5, 0.6) is 0 Å². The third kappa shape index (κ3) is 4.07. The molecule has 0 aromatic heterocycles. The van der Waals surface area contributed by atoms with Gasteiger partial charge in [0.15, 0.2) is 0 Å². The molecule has 1 aliphatic carbocycles. The maximum absolute atomic E-state index is 12.3. The van der Waals surface area contributed by atoms with Crippen molar-refractivity contribution in [3.63, 3.8) is 0 Å². The highest BCUT2D eigenvalue weighted by molar-refractivity contribution is 5.82. The summed E-state index contributed by atoms with van der Waals surface area (Å²) in [5.74, 6) is 0.594.